The summed E-state index contributed by atoms with van der Waals surface area (Å²) in [6, 6.07) is 5.91. The molecule has 1 aromatic carbocycles. The number of nitrogens with zero attached hydrogens (tertiary/aromatic N) is 1. The minimum Gasteiger partial charge on any atom is -0.424 e. The third-order valence-electron chi connectivity index (χ3n) is 3.41. The molecular formula is C14H8ClFN4O2S. The van der Waals surface area contributed by atoms with Crippen LogP contribution in [0.5, 0.6) is 5.88 Å². The van der Waals surface area contributed by atoms with Crippen molar-refractivity contribution in [3.63, 3.8) is 0 Å². The fourth-order valence-corrected chi connectivity index (χ4v) is 2.92. The Morgan fingerprint density at radius 2 is 2.13 bits per heavy atom. The maximum absolute atomic E-state index is 14.3. The minimum atomic E-state index is -1.10. The molecule has 23 heavy (non-hydrogen) atoms. The summed E-state index contributed by atoms with van der Waals surface area (Å²) in [7, 11) is 0. The normalized spacial score (nSPS) is 16.5. The molecule has 0 amide bonds. The second-order valence-corrected chi connectivity index (χ2v) is 5.53. The highest BCUT2D eigenvalue weighted by molar-refractivity contribution is 7.71. The van der Waals surface area contributed by atoms with Gasteiger partial charge in [-0.25, -0.2) is 4.39 Å². The highest BCUT2D eigenvalue weighted by Gasteiger charge is 2.36. The monoisotopic (exact) mass is 350 g/mol. The number of benzene rings is 1. The predicted octanol–water partition coefficient (Wildman–Crippen LogP) is 2.44. The lowest BCUT2D eigenvalue weighted by Gasteiger charge is -2.25. The van der Waals surface area contributed by atoms with Crippen molar-refractivity contribution in [2.45, 2.75) is 5.92 Å². The fourth-order valence-electron chi connectivity index (χ4n) is 2.46. The first-order valence-electron chi connectivity index (χ1n) is 6.32. The van der Waals surface area contributed by atoms with E-state index in [4.69, 9.17) is 34.3 Å². The van der Waals surface area contributed by atoms with Gasteiger partial charge < -0.3 is 15.5 Å². The second-order valence-electron chi connectivity index (χ2n) is 4.71. The third-order valence-corrected chi connectivity index (χ3v) is 3.94. The van der Waals surface area contributed by atoms with E-state index in [2.05, 4.69) is 9.97 Å². The molecule has 116 valence electrons. The molecule has 1 aromatic heterocycles. The van der Waals surface area contributed by atoms with E-state index in [9.17, 15) is 14.4 Å². The predicted molar refractivity (Wildman–Crippen MR) is 83.0 cm³/mol. The van der Waals surface area contributed by atoms with Gasteiger partial charge in [-0.1, -0.05) is 17.7 Å². The van der Waals surface area contributed by atoms with Gasteiger partial charge in [0.1, 0.15) is 17.5 Å². The number of nitrogens with two attached hydrogens (primary N) is 1. The Kier molecular flexibility index (Phi) is 3.67. The zero-order valence-corrected chi connectivity index (χ0v) is 12.9. The number of hydrogen-bond acceptors (Lipinski definition) is 5. The van der Waals surface area contributed by atoms with Crippen molar-refractivity contribution < 1.29 is 9.13 Å². The molecule has 9 heteroatoms. The summed E-state index contributed by atoms with van der Waals surface area (Å²) in [5.74, 6) is -2.06. The molecule has 0 aliphatic carbocycles. The number of halogens is 2. The van der Waals surface area contributed by atoms with Crippen LogP contribution in [0.15, 0.2) is 34.4 Å². The Balaban J connectivity index is 2.42. The standard InChI is InChI=1S/C14H8ClFN4O2S/c15-6-2-1-3-7(16)9(6)8-5(4-17)11(18)22-13-10(8)12(21)19-14(23)20-13/h1-3,8H,18H2,(H2,19,20,21,23)/t8-/m1/s1. The number of nitriles is 1. The molecule has 6 nitrogen and oxygen atoms in total. The first kappa shape index (κ1) is 15.3. The van der Waals surface area contributed by atoms with E-state index in [1.54, 1.807) is 0 Å². The average Bonchev–Trinajstić information content (AvgIpc) is 2.46. The largest absolute Gasteiger partial charge is 0.424 e. The molecule has 0 bridgehead atoms. The van der Waals surface area contributed by atoms with Crippen LogP contribution in [0.3, 0.4) is 0 Å². The number of nitrogens with one attached hydrogen (secondary N) is 2. The Bertz CT molecular complexity index is 985. The van der Waals surface area contributed by atoms with E-state index in [0.29, 0.717) is 0 Å². The quantitative estimate of drug-likeness (QED) is 0.685. The lowest BCUT2D eigenvalue weighted by molar-refractivity contribution is 0.373. The van der Waals surface area contributed by atoms with Crippen LogP contribution >= 0.6 is 23.8 Å². The first-order valence-corrected chi connectivity index (χ1v) is 7.10. The Hall–Kier alpha value is -2.63. The number of aromatic amines is 2. The summed E-state index contributed by atoms with van der Waals surface area (Å²) < 4.78 is 19.6. The van der Waals surface area contributed by atoms with E-state index in [0.717, 1.165) is 0 Å². The summed E-state index contributed by atoms with van der Waals surface area (Å²) in [5, 5.41) is 9.43. The molecule has 0 saturated carbocycles. The number of allylic oxidation sites excluding steroid dienone is 1. The summed E-state index contributed by atoms with van der Waals surface area (Å²) in [4.78, 5) is 17.3. The summed E-state index contributed by atoms with van der Waals surface area (Å²) in [6.45, 7) is 0. The molecule has 1 atom stereocenters. The zero-order valence-electron chi connectivity index (χ0n) is 11.3. The van der Waals surface area contributed by atoms with Crippen LogP contribution in [0, 0.1) is 21.9 Å². The van der Waals surface area contributed by atoms with Crippen molar-refractivity contribution >= 4 is 23.8 Å². The van der Waals surface area contributed by atoms with Gasteiger partial charge in [0.05, 0.1) is 11.5 Å². The highest BCUT2D eigenvalue weighted by Crippen LogP contribution is 2.42. The number of aromatic nitrogens is 2. The number of ether oxygens (including phenoxy) is 1. The fraction of sp³-hybridized carbons (Fsp3) is 0.0714. The van der Waals surface area contributed by atoms with Crippen molar-refractivity contribution in [2.24, 2.45) is 5.73 Å². The molecule has 2 aromatic rings. The minimum absolute atomic E-state index is 0.0142. The van der Waals surface area contributed by atoms with E-state index < -0.39 is 17.3 Å². The van der Waals surface area contributed by atoms with Crippen LogP contribution in [-0.2, 0) is 0 Å². The van der Waals surface area contributed by atoms with Gasteiger partial charge in [-0.2, -0.15) is 5.26 Å². The molecule has 4 N–H and O–H groups in total. The highest BCUT2D eigenvalue weighted by atomic mass is 35.5. The van der Waals surface area contributed by atoms with Gasteiger partial charge in [-0.3, -0.25) is 9.78 Å². The molecule has 0 saturated heterocycles. The molecule has 0 unspecified atom stereocenters. The van der Waals surface area contributed by atoms with Gasteiger partial charge in [0.2, 0.25) is 11.8 Å². The number of hydrogen-bond donors (Lipinski definition) is 3. The van der Waals surface area contributed by atoms with E-state index >= 15 is 0 Å². The number of fused-ring (bicyclic) bond motifs is 1. The summed E-state index contributed by atoms with van der Waals surface area (Å²) >= 11 is 11.0. The van der Waals surface area contributed by atoms with Crippen LogP contribution in [0.4, 0.5) is 4.39 Å². The third kappa shape index (κ3) is 2.40. The van der Waals surface area contributed by atoms with Crippen molar-refractivity contribution in [3.05, 3.63) is 66.7 Å². The van der Waals surface area contributed by atoms with Crippen molar-refractivity contribution in [2.75, 3.05) is 0 Å². The molecule has 0 fully saturated rings. The second kappa shape index (κ2) is 5.53. The van der Waals surface area contributed by atoms with Crippen LogP contribution < -0.4 is 16.0 Å². The molecule has 2 heterocycles. The lowest BCUT2D eigenvalue weighted by atomic mass is 9.85. The summed E-state index contributed by atoms with van der Waals surface area (Å²) in [5.41, 5.74) is 4.96. The number of rotatable bonds is 1. The smallest absolute Gasteiger partial charge is 0.259 e. The van der Waals surface area contributed by atoms with Gasteiger partial charge >= 0.3 is 0 Å². The topological polar surface area (TPSA) is 108 Å². The first-order chi connectivity index (χ1) is 10.9. The summed E-state index contributed by atoms with van der Waals surface area (Å²) in [6.07, 6.45) is 0. The van der Waals surface area contributed by atoms with Crippen LogP contribution in [0.25, 0.3) is 0 Å². The van der Waals surface area contributed by atoms with Gasteiger partial charge in [-0.05, 0) is 24.4 Å². The zero-order chi connectivity index (χ0) is 16.7. The molecular weight excluding hydrogens is 343 g/mol. The van der Waals surface area contributed by atoms with E-state index in [-0.39, 0.29) is 38.3 Å². The van der Waals surface area contributed by atoms with Crippen molar-refractivity contribution in [3.8, 4) is 11.9 Å². The van der Waals surface area contributed by atoms with Crippen molar-refractivity contribution in [1.29, 1.82) is 5.26 Å². The Labute approximate surface area is 139 Å². The van der Waals surface area contributed by atoms with Gasteiger partial charge in [-0.15, -0.1) is 0 Å². The van der Waals surface area contributed by atoms with Gasteiger partial charge in [0.15, 0.2) is 4.77 Å². The molecule has 1 aliphatic rings. The van der Waals surface area contributed by atoms with Crippen LogP contribution in [-0.4, -0.2) is 9.97 Å². The van der Waals surface area contributed by atoms with E-state index in [1.807, 2.05) is 6.07 Å². The molecule has 0 radical (unpaired) electrons. The molecule has 3 rings (SSSR count). The maximum Gasteiger partial charge on any atom is 0.259 e. The Morgan fingerprint density at radius 3 is 2.78 bits per heavy atom. The number of H-pyrrole nitrogens is 2. The van der Waals surface area contributed by atoms with Crippen molar-refractivity contribution in [1.82, 2.24) is 9.97 Å². The molecule has 1 aliphatic heterocycles. The average molecular weight is 351 g/mol. The van der Waals surface area contributed by atoms with Crippen LogP contribution in [0.1, 0.15) is 17.0 Å². The SMILES string of the molecule is N#CC1=C(N)Oc2[nH]c(=S)[nH]c(=O)c2[C@H]1c1c(F)cccc1Cl. The molecule has 0 spiro atoms. The van der Waals surface area contributed by atoms with Gasteiger partial charge in [0, 0.05) is 10.6 Å². The maximum atomic E-state index is 14.3. The Morgan fingerprint density at radius 1 is 1.39 bits per heavy atom. The van der Waals surface area contributed by atoms with Crippen LogP contribution in [0.2, 0.25) is 5.02 Å². The van der Waals surface area contributed by atoms with E-state index in [1.165, 1.54) is 18.2 Å². The lowest BCUT2D eigenvalue weighted by Crippen LogP contribution is -2.29. The van der Waals surface area contributed by atoms with Gasteiger partial charge in [0.25, 0.3) is 5.56 Å².